The average molecular weight is 428 g/mol. The molecule has 0 atom stereocenters. The lowest BCUT2D eigenvalue weighted by Crippen LogP contribution is -2.46. The molecule has 6 rings (SSSR count). The molecule has 0 amide bonds. The van der Waals surface area contributed by atoms with Crippen molar-refractivity contribution < 1.29 is 0 Å². The second-order valence-corrected chi connectivity index (χ2v) is 9.87. The number of likely N-dealkylation sites (tertiary alicyclic amines) is 2. The number of aromatic nitrogens is 3. The first-order chi connectivity index (χ1) is 15.7. The van der Waals surface area contributed by atoms with Crippen molar-refractivity contribution in [2.75, 3.05) is 33.2 Å². The molecule has 0 unspecified atom stereocenters. The Morgan fingerprint density at radius 1 is 0.938 bits per heavy atom. The Morgan fingerprint density at radius 3 is 2.56 bits per heavy atom. The number of aromatic amines is 2. The molecule has 2 aliphatic heterocycles. The summed E-state index contributed by atoms with van der Waals surface area (Å²) in [5.74, 6) is 0.678. The van der Waals surface area contributed by atoms with Crippen LogP contribution in [-0.2, 0) is 0 Å². The fraction of sp³-hybridized carbons (Fsp3) is 0.444. The molecule has 2 fully saturated rings. The van der Waals surface area contributed by atoms with Gasteiger partial charge in [-0.2, -0.15) is 0 Å². The smallest absolute Gasteiger partial charge is 0.137 e. The number of fused-ring (bicyclic) bond motifs is 2. The standard InChI is InChI=1S/C27H33N5/c1-18-24-17-20(19-7-15-32(16-8-19)21-9-13-31(2)14-10-21)3-4-25(24)30-26(18)22-5-11-28-27-23(22)6-12-29-27/h3-6,11-12,17,19,21,30H,7-10,13-16H2,1-2H3,(H,28,29). The van der Waals surface area contributed by atoms with Gasteiger partial charge in [-0.25, -0.2) is 4.98 Å². The molecule has 2 saturated heterocycles. The van der Waals surface area contributed by atoms with E-state index in [4.69, 9.17) is 0 Å². The number of hydrogen-bond donors (Lipinski definition) is 2. The van der Waals surface area contributed by atoms with Crippen LogP contribution in [0.15, 0.2) is 42.7 Å². The Hall–Kier alpha value is -2.63. The molecule has 0 radical (unpaired) electrons. The molecule has 166 valence electrons. The summed E-state index contributed by atoms with van der Waals surface area (Å²) in [6.45, 7) is 7.25. The van der Waals surface area contributed by atoms with E-state index < -0.39 is 0 Å². The lowest BCUT2D eigenvalue weighted by Gasteiger charge is -2.41. The zero-order valence-electron chi connectivity index (χ0n) is 19.2. The molecule has 1 aromatic carbocycles. The van der Waals surface area contributed by atoms with E-state index in [1.807, 2.05) is 12.4 Å². The van der Waals surface area contributed by atoms with Crippen LogP contribution in [0.25, 0.3) is 33.2 Å². The SMILES string of the molecule is Cc1c(-c2ccnc3[nH]ccc23)[nH]c2ccc(C3CCN(C4CCN(C)CC4)CC3)cc12. The summed E-state index contributed by atoms with van der Waals surface area (Å²) in [6, 6.07) is 12.1. The van der Waals surface area contributed by atoms with E-state index in [1.165, 1.54) is 90.5 Å². The van der Waals surface area contributed by atoms with Crippen LogP contribution >= 0.6 is 0 Å². The third kappa shape index (κ3) is 3.44. The molecule has 2 N–H and O–H groups in total. The highest BCUT2D eigenvalue weighted by Gasteiger charge is 2.28. The third-order valence-corrected chi connectivity index (χ3v) is 8.02. The maximum atomic E-state index is 4.45. The normalized spacial score (nSPS) is 19.9. The maximum absolute atomic E-state index is 4.45. The Morgan fingerprint density at radius 2 is 1.75 bits per heavy atom. The maximum Gasteiger partial charge on any atom is 0.137 e. The van der Waals surface area contributed by atoms with Gasteiger partial charge in [0.15, 0.2) is 0 Å². The molecule has 4 aromatic rings. The van der Waals surface area contributed by atoms with E-state index in [9.17, 15) is 0 Å². The molecule has 0 aliphatic carbocycles. The van der Waals surface area contributed by atoms with Gasteiger partial charge in [-0.05, 0) is 107 Å². The number of rotatable bonds is 3. The minimum atomic E-state index is 0.678. The van der Waals surface area contributed by atoms with E-state index in [-0.39, 0.29) is 0 Å². The van der Waals surface area contributed by atoms with Gasteiger partial charge < -0.3 is 19.8 Å². The third-order valence-electron chi connectivity index (χ3n) is 8.02. The van der Waals surface area contributed by atoms with Crippen LogP contribution in [0.2, 0.25) is 0 Å². The van der Waals surface area contributed by atoms with Crippen LogP contribution in [-0.4, -0.2) is 64.0 Å². The van der Waals surface area contributed by atoms with E-state index in [0.717, 1.165) is 11.7 Å². The van der Waals surface area contributed by atoms with Gasteiger partial charge in [0.1, 0.15) is 5.65 Å². The number of pyridine rings is 1. The number of H-pyrrole nitrogens is 2. The zero-order valence-corrected chi connectivity index (χ0v) is 19.2. The Bertz CT molecular complexity index is 1240. The van der Waals surface area contributed by atoms with E-state index in [0.29, 0.717) is 5.92 Å². The van der Waals surface area contributed by atoms with Crippen molar-refractivity contribution in [1.82, 2.24) is 24.8 Å². The number of nitrogens with one attached hydrogen (secondary N) is 2. The summed E-state index contributed by atoms with van der Waals surface area (Å²) in [4.78, 5) is 16.6. The number of benzene rings is 1. The monoisotopic (exact) mass is 427 g/mol. The lowest BCUT2D eigenvalue weighted by atomic mass is 9.87. The quantitative estimate of drug-likeness (QED) is 0.467. The van der Waals surface area contributed by atoms with Gasteiger partial charge in [0.05, 0.1) is 5.69 Å². The number of hydrogen-bond acceptors (Lipinski definition) is 3. The highest BCUT2D eigenvalue weighted by Crippen LogP contribution is 2.36. The molecule has 2 aliphatic rings. The van der Waals surface area contributed by atoms with Gasteiger partial charge in [-0.15, -0.1) is 0 Å². The van der Waals surface area contributed by atoms with Crippen molar-refractivity contribution in [3.63, 3.8) is 0 Å². The van der Waals surface area contributed by atoms with Gasteiger partial charge in [-0.1, -0.05) is 6.07 Å². The zero-order chi connectivity index (χ0) is 21.7. The number of aryl methyl sites for hydroxylation is 1. The molecular formula is C27H33N5. The molecule has 5 heteroatoms. The van der Waals surface area contributed by atoms with Gasteiger partial charge in [0, 0.05) is 40.3 Å². The van der Waals surface area contributed by atoms with Gasteiger partial charge in [0.25, 0.3) is 0 Å². The molecule has 0 saturated carbocycles. The predicted octanol–water partition coefficient (Wildman–Crippen LogP) is 5.29. The first-order valence-electron chi connectivity index (χ1n) is 12.1. The van der Waals surface area contributed by atoms with Crippen LogP contribution < -0.4 is 0 Å². The lowest BCUT2D eigenvalue weighted by molar-refractivity contribution is 0.0966. The molecular weight excluding hydrogens is 394 g/mol. The second-order valence-electron chi connectivity index (χ2n) is 9.87. The van der Waals surface area contributed by atoms with Crippen LogP contribution in [0, 0.1) is 6.92 Å². The highest BCUT2D eigenvalue weighted by atomic mass is 15.2. The van der Waals surface area contributed by atoms with Gasteiger partial charge in [-0.3, -0.25) is 0 Å². The van der Waals surface area contributed by atoms with Crippen LogP contribution in [0.1, 0.15) is 42.7 Å². The molecule has 5 heterocycles. The van der Waals surface area contributed by atoms with Crippen molar-refractivity contribution >= 4 is 21.9 Å². The fourth-order valence-corrected chi connectivity index (χ4v) is 6.00. The first-order valence-corrected chi connectivity index (χ1v) is 12.1. The largest absolute Gasteiger partial charge is 0.354 e. The molecule has 0 bridgehead atoms. The van der Waals surface area contributed by atoms with E-state index in [2.05, 4.69) is 69.1 Å². The topological polar surface area (TPSA) is 51.0 Å². The average Bonchev–Trinajstić information content (AvgIpc) is 3.44. The van der Waals surface area contributed by atoms with Crippen LogP contribution in [0.5, 0.6) is 0 Å². The summed E-state index contributed by atoms with van der Waals surface area (Å²) in [6.07, 6.45) is 9.09. The summed E-state index contributed by atoms with van der Waals surface area (Å²) in [5.41, 5.74) is 7.44. The number of nitrogens with zero attached hydrogens (tertiary/aromatic N) is 3. The Kier molecular flexibility index (Phi) is 5.04. The summed E-state index contributed by atoms with van der Waals surface area (Å²) >= 11 is 0. The summed E-state index contributed by atoms with van der Waals surface area (Å²) in [5, 5.41) is 2.53. The van der Waals surface area contributed by atoms with Crippen molar-refractivity contribution in [3.8, 4) is 11.3 Å². The van der Waals surface area contributed by atoms with E-state index >= 15 is 0 Å². The highest BCUT2D eigenvalue weighted by molar-refractivity contribution is 5.98. The van der Waals surface area contributed by atoms with Crippen molar-refractivity contribution in [2.24, 2.45) is 0 Å². The summed E-state index contributed by atoms with van der Waals surface area (Å²) < 4.78 is 0. The molecule has 5 nitrogen and oxygen atoms in total. The Balaban J connectivity index is 1.24. The van der Waals surface area contributed by atoms with Crippen LogP contribution in [0.3, 0.4) is 0 Å². The van der Waals surface area contributed by atoms with Gasteiger partial charge in [0.2, 0.25) is 0 Å². The van der Waals surface area contributed by atoms with Crippen molar-refractivity contribution in [1.29, 1.82) is 0 Å². The van der Waals surface area contributed by atoms with Crippen LogP contribution in [0.4, 0.5) is 0 Å². The minimum absolute atomic E-state index is 0.678. The van der Waals surface area contributed by atoms with Gasteiger partial charge >= 0.3 is 0 Å². The molecule has 0 spiro atoms. The van der Waals surface area contributed by atoms with E-state index in [1.54, 1.807) is 0 Å². The minimum Gasteiger partial charge on any atom is -0.354 e. The predicted molar refractivity (Wildman–Crippen MR) is 132 cm³/mol. The van der Waals surface area contributed by atoms with Crippen molar-refractivity contribution in [2.45, 2.75) is 44.6 Å². The molecule has 3 aromatic heterocycles. The van der Waals surface area contributed by atoms with Crippen molar-refractivity contribution in [3.05, 3.63) is 53.9 Å². The number of piperidine rings is 2. The second kappa shape index (κ2) is 8.05. The fourth-order valence-electron chi connectivity index (χ4n) is 6.00. The summed E-state index contributed by atoms with van der Waals surface area (Å²) in [7, 11) is 2.25. The Labute approximate surface area is 189 Å². The first kappa shape index (κ1) is 20.0. The molecule has 32 heavy (non-hydrogen) atoms.